The van der Waals surface area contributed by atoms with E-state index in [0.717, 1.165) is 6.54 Å². The molecule has 2 heteroatoms. The van der Waals surface area contributed by atoms with Crippen LogP contribution in [0.3, 0.4) is 0 Å². The van der Waals surface area contributed by atoms with E-state index in [4.69, 9.17) is 4.74 Å². The molecule has 0 aliphatic heterocycles. The Morgan fingerprint density at radius 2 is 2.00 bits per heavy atom. The average Bonchev–Trinajstić information content (AvgIpc) is 2.45. The fourth-order valence-electron chi connectivity index (χ4n) is 2.08. The molecule has 0 heterocycles. The first-order chi connectivity index (χ1) is 6.53. The van der Waals surface area contributed by atoms with Gasteiger partial charge in [0.25, 0.3) is 0 Å². The molecule has 0 bridgehead atoms. The van der Waals surface area contributed by atoms with Crippen molar-refractivity contribution in [1.82, 2.24) is 5.32 Å². The monoisotopic (exact) mass is 199 g/mol. The molecule has 1 rings (SSSR count). The Kier molecular flexibility index (Phi) is 4.39. The second-order valence-electron chi connectivity index (χ2n) is 5.26. The Hall–Kier alpha value is -0.0800. The van der Waals surface area contributed by atoms with Crippen molar-refractivity contribution in [1.29, 1.82) is 0 Å². The van der Waals surface area contributed by atoms with Gasteiger partial charge in [0, 0.05) is 6.04 Å². The van der Waals surface area contributed by atoms with E-state index in [0.29, 0.717) is 12.1 Å². The third-order valence-electron chi connectivity index (χ3n) is 2.61. The molecule has 0 aromatic carbocycles. The number of ether oxygens (including phenoxy) is 1. The molecule has 0 amide bonds. The van der Waals surface area contributed by atoms with Crippen molar-refractivity contribution in [3.8, 4) is 0 Å². The minimum absolute atomic E-state index is 0.00114. The Balaban J connectivity index is 2.35. The van der Waals surface area contributed by atoms with Gasteiger partial charge in [0.05, 0.1) is 11.7 Å². The first kappa shape index (κ1) is 12.0. The van der Waals surface area contributed by atoms with Crippen LogP contribution < -0.4 is 5.32 Å². The smallest absolute Gasteiger partial charge is 0.0735 e. The number of hydrogen-bond donors (Lipinski definition) is 1. The topological polar surface area (TPSA) is 21.3 Å². The lowest BCUT2D eigenvalue weighted by Gasteiger charge is -2.29. The molecule has 1 aliphatic rings. The van der Waals surface area contributed by atoms with Crippen LogP contribution in [-0.2, 0) is 4.74 Å². The van der Waals surface area contributed by atoms with Gasteiger partial charge in [0.1, 0.15) is 0 Å². The predicted octanol–water partition coefficient (Wildman–Crippen LogP) is 2.72. The van der Waals surface area contributed by atoms with Crippen molar-refractivity contribution < 1.29 is 4.74 Å². The zero-order chi connectivity index (χ0) is 10.6. The van der Waals surface area contributed by atoms with Gasteiger partial charge in [-0.15, -0.1) is 0 Å². The van der Waals surface area contributed by atoms with Crippen LogP contribution in [0.25, 0.3) is 0 Å². The number of nitrogens with one attached hydrogen (secondary N) is 1. The maximum Gasteiger partial charge on any atom is 0.0735 e. The van der Waals surface area contributed by atoms with Crippen LogP contribution in [0.2, 0.25) is 0 Å². The fraction of sp³-hybridized carbons (Fsp3) is 1.00. The predicted molar refractivity (Wildman–Crippen MR) is 60.6 cm³/mol. The summed E-state index contributed by atoms with van der Waals surface area (Å²) in [6.45, 7) is 9.75. The lowest BCUT2D eigenvalue weighted by atomic mass is 10.1. The highest BCUT2D eigenvalue weighted by molar-refractivity contribution is 4.85. The molecule has 0 aromatic heterocycles. The molecule has 0 saturated heterocycles. The van der Waals surface area contributed by atoms with Crippen molar-refractivity contribution in [3.05, 3.63) is 0 Å². The largest absolute Gasteiger partial charge is 0.371 e. The maximum absolute atomic E-state index is 6.05. The standard InChI is InChI=1S/C12H25NO/c1-5-9-13-10-7-6-8-11(10)14-12(2,3)4/h10-11,13H,5-9H2,1-4H3. The third kappa shape index (κ3) is 3.97. The van der Waals surface area contributed by atoms with Gasteiger partial charge in [-0.2, -0.15) is 0 Å². The lowest BCUT2D eigenvalue weighted by molar-refractivity contribution is -0.0663. The fourth-order valence-corrected chi connectivity index (χ4v) is 2.08. The van der Waals surface area contributed by atoms with E-state index >= 15 is 0 Å². The van der Waals surface area contributed by atoms with E-state index in [2.05, 4.69) is 33.0 Å². The Morgan fingerprint density at radius 1 is 1.29 bits per heavy atom. The summed E-state index contributed by atoms with van der Waals surface area (Å²) in [7, 11) is 0. The summed E-state index contributed by atoms with van der Waals surface area (Å²) in [5.41, 5.74) is 0.00114. The van der Waals surface area contributed by atoms with Crippen molar-refractivity contribution >= 4 is 0 Å². The van der Waals surface area contributed by atoms with E-state index in [1.807, 2.05) is 0 Å². The quantitative estimate of drug-likeness (QED) is 0.751. The van der Waals surface area contributed by atoms with Crippen LogP contribution >= 0.6 is 0 Å². The van der Waals surface area contributed by atoms with Crippen LogP contribution in [-0.4, -0.2) is 24.3 Å². The summed E-state index contributed by atoms with van der Waals surface area (Å²) in [5.74, 6) is 0. The van der Waals surface area contributed by atoms with Gasteiger partial charge >= 0.3 is 0 Å². The Bertz CT molecular complexity index is 162. The van der Waals surface area contributed by atoms with E-state index in [9.17, 15) is 0 Å². The van der Waals surface area contributed by atoms with Crippen molar-refractivity contribution in [2.45, 2.75) is 71.1 Å². The minimum Gasteiger partial charge on any atom is -0.371 e. The zero-order valence-corrected chi connectivity index (χ0v) is 10.1. The van der Waals surface area contributed by atoms with Crippen molar-refractivity contribution in [2.24, 2.45) is 0 Å². The van der Waals surface area contributed by atoms with Gasteiger partial charge in [-0.25, -0.2) is 0 Å². The molecule has 2 atom stereocenters. The second-order valence-corrected chi connectivity index (χ2v) is 5.26. The molecule has 14 heavy (non-hydrogen) atoms. The van der Waals surface area contributed by atoms with Crippen LogP contribution in [0.15, 0.2) is 0 Å². The summed E-state index contributed by atoms with van der Waals surface area (Å²) >= 11 is 0. The van der Waals surface area contributed by atoms with Gasteiger partial charge < -0.3 is 10.1 Å². The molecule has 1 saturated carbocycles. The van der Waals surface area contributed by atoms with Crippen LogP contribution in [0.5, 0.6) is 0 Å². The second kappa shape index (κ2) is 5.13. The summed E-state index contributed by atoms with van der Waals surface area (Å²) in [6, 6.07) is 0.592. The van der Waals surface area contributed by atoms with Crippen molar-refractivity contribution in [3.63, 3.8) is 0 Å². The first-order valence-electron chi connectivity index (χ1n) is 5.94. The van der Waals surface area contributed by atoms with E-state index in [1.165, 1.54) is 25.7 Å². The van der Waals surface area contributed by atoms with Gasteiger partial charge in [0.15, 0.2) is 0 Å². The van der Waals surface area contributed by atoms with Gasteiger partial charge in [-0.1, -0.05) is 6.92 Å². The molecule has 0 radical (unpaired) electrons. The normalized spacial score (nSPS) is 28.3. The molecule has 2 nitrogen and oxygen atoms in total. The molecule has 2 unspecified atom stereocenters. The highest BCUT2D eigenvalue weighted by atomic mass is 16.5. The van der Waals surface area contributed by atoms with Crippen LogP contribution in [0, 0.1) is 0 Å². The van der Waals surface area contributed by atoms with E-state index < -0.39 is 0 Å². The molecular weight excluding hydrogens is 174 g/mol. The lowest BCUT2D eigenvalue weighted by Crippen LogP contribution is -2.41. The molecule has 1 aliphatic carbocycles. The summed E-state index contributed by atoms with van der Waals surface area (Å²) in [6.07, 6.45) is 5.45. The van der Waals surface area contributed by atoms with Crippen molar-refractivity contribution in [2.75, 3.05) is 6.54 Å². The van der Waals surface area contributed by atoms with Gasteiger partial charge in [-0.05, 0) is 53.0 Å². The van der Waals surface area contributed by atoms with Crippen LogP contribution in [0.1, 0.15) is 53.4 Å². The SMILES string of the molecule is CCCNC1CCCC1OC(C)(C)C. The number of rotatable bonds is 4. The Morgan fingerprint density at radius 3 is 2.57 bits per heavy atom. The average molecular weight is 199 g/mol. The molecule has 1 N–H and O–H groups in total. The molecular formula is C12H25NO. The van der Waals surface area contributed by atoms with Crippen LogP contribution in [0.4, 0.5) is 0 Å². The third-order valence-corrected chi connectivity index (χ3v) is 2.61. The summed E-state index contributed by atoms with van der Waals surface area (Å²) < 4.78 is 6.05. The molecule has 1 fully saturated rings. The maximum atomic E-state index is 6.05. The van der Waals surface area contributed by atoms with Gasteiger partial charge in [-0.3, -0.25) is 0 Å². The summed E-state index contributed by atoms with van der Waals surface area (Å²) in [4.78, 5) is 0. The number of hydrogen-bond acceptors (Lipinski definition) is 2. The zero-order valence-electron chi connectivity index (χ0n) is 10.1. The highest BCUT2D eigenvalue weighted by Gasteiger charge is 2.30. The summed E-state index contributed by atoms with van der Waals surface area (Å²) in [5, 5.41) is 3.58. The highest BCUT2D eigenvalue weighted by Crippen LogP contribution is 2.26. The van der Waals surface area contributed by atoms with Gasteiger partial charge in [0.2, 0.25) is 0 Å². The van der Waals surface area contributed by atoms with E-state index in [-0.39, 0.29) is 5.60 Å². The van der Waals surface area contributed by atoms with E-state index in [1.54, 1.807) is 0 Å². The minimum atomic E-state index is 0.00114. The Labute approximate surface area is 88.4 Å². The molecule has 0 aromatic rings. The first-order valence-corrected chi connectivity index (χ1v) is 5.94. The molecule has 0 spiro atoms. The molecule has 84 valence electrons.